The van der Waals surface area contributed by atoms with Gasteiger partial charge in [0.15, 0.2) is 0 Å². The molecule has 0 saturated carbocycles. The zero-order valence-electron chi connectivity index (χ0n) is 15.6. The third-order valence-corrected chi connectivity index (χ3v) is 5.12. The number of carbonyl (C=O) groups is 3. The van der Waals surface area contributed by atoms with E-state index in [4.69, 9.17) is 9.47 Å². The lowest BCUT2D eigenvalue weighted by Gasteiger charge is -2.31. The summed E-state index contributed by atoms with van der Waals surface area (Å²) in [4.78, 5) is 36.0. The molecular weight excluding hydrogens is 352 g/mol. The fourth-order valence-corrected chi connectivity index (χ4v) is 3.18. The highest BCUT2D eigenvalue weighted by atomic mass is 16.6. The highest BCUT2D eigenvalue weighted by Crippen LogP contribution is 2.36. The zero-order chi connectivity index (χ0) is 20.1. The molecular formula is C20H26O7. The molecule has 1 fully saturated rings. The molecule has 7 nitrogen and oxygen atoms in total. The Morgan fingerprint density at radius 3 is 2.81 bits per heavy atom. The van der Waals surface area contributed by atoms with Gasteiger partial charge in [-0.1, -0.05) is 26.5 Å². The van der Waals surface area contributed by atoms with Crippen molar-refractivity contribution in [2.24, 2.45) is 11.8 Å². The van der Waals surface area contributed by atoms with Gasteiger partial charge in [-0.15, -0.1) is 0 Å². The Balaban J connectivity index is 2.50. The number of esters is 2. The molecule has 7 heteroatoms. The van der Waals surface area contributed by atoms with Crippen LogP contribution in [0.5, 0.6) is 0 Å². The van der Waals surface area contributed by atoms with Gasteiger partial charge >= 0.3 is 11.9 Å². The second-order valence-corrected chi connectivity index (χ2v) is 6.92. The lowest BCUT2D eigenvalue weighted by atomic mass is 9.83. The molecule has 2 rings (SSSR count). The average molecular weight is 378 g/mol. The molecule has 2 N–H and O–H groups in total. The molecule has 0 amide bonds. The molecule has 2 aliphatic rings. The SMILES string of the molecule is C=C1C(=O)O[C@@H]2/C=C(\CO)CC/C=C(\C=O)[C@H](O)[C@H](OC(=O)[C@@H](C)CC)[C@@H]12. The van der Waals surface area contributed by atoms with E-state index in [1.807, 2.05) is 6.92 Å². The summed E-state index contributed by atoms with van der Waals surface area (Å²) in [5.74, 6) is -2.47. The Morgan fingerprint density at radius 1 is 1.52 bits per heavy atom. The normalized spacial score (nSPS) is 33.6. The first kappa shape index (κ1) is 21.1. The Kier molecular flexibility index (Phi) is 7.10. The minimum Gasteiger partial charge on any atom is -0.458 e. The van der Waals surface area contributed by atoms with E-state index in [0.717, 1.165) is 0 Å². The lowest BCUT2D eigenvalue weighted by molar-refractivity contribution is -0.162. The fraction of sp³-hybridized carbons (Fsp3) is 0.550. The Bertz CT molecular complexity index is 676. The van der Waals surface area contributed by atoms with E-state index >= 15 is 0 Å². The molecule has 1 saturated heterocycles. The summed E-state index contributed by atoms with van der Waals surface area (Å²) >= 11 is 0. The monoisotopic (exact) mass is 378 g/mol. The molecule has 1 aliphatic carbocycles. The van der Waals surface area contributed by atoms with Gasteiger partial charge in [0.2, 0.25) is 0 Å². The van der Waals surface area contributed by atoms with Gasteiger partial charge in [0.05, 0.1) is 18.4 Å². The number of aliphatic hydroxyl groups is 2. The number of aliphatic hydroxyl groups excluding tert-OH is 2. The van der Waals surface area contributed by atoms with E-state index in [9.17, 15) is 24.6 Å². The quantitative estimate of drug-likeness (QED) is 0.320. The average Bonchev–Trinajstić information content (AvgIpc) is 2.94. The number of hydrogen-bond acceptors (Lipinski definition) is 7. The maximum Gasteiger partial charge on any atom is 0.334 e. The van der Waals surface area contributed by atoms with Gasteiger partial charge in [0.25, 0.3) is 0 Å². The van der Waals surface area contributed by atoms with E-state index in [1.54, 1.807) is 19.1 Å². The zero-order valence-corrected chi connectivity index (χ0v) is 15.6. The highest BCUT2D eigenvalue weighted by Gasteiger charge is 2.48. The van der Waals surface area contributed by atoms with Crippen molar-refractivity contribution >= 4 is 18.2 Å². The van der Waals surface area contributed by atoms with Gasteiger partial charge in [-0.2, -0.15) is 0 Å². The van der Waals surface area contributed by atoms with Crippen LogP contribution in [0.15, 0.2) is 35.5 Å². The van der Waals surface area contributed by atoms with Crippen molar-refractivity contribution in [2.45, 2.75) is 51.4 Å². The first-order valence-corrected chi connectivity index (χ1v) is 9.08. The molecule has 0 bridgehead atoms. The Morgan fingerprint density at radius 2 is 2.22 bits per heavy atom. The van der Waals surface area contributed by atoms with Gasteiger partial charge in [0.1, 0.15) is 24.6 Å². The third-order valence-electron chi connectivity index (χ3n) is 5.12. The van der Waals surface area contributed by atoms with Crippen LogP contribution in [-0.4, -0.2) is 53.4 Å². The molecule has 27 heavy (non-hydrogen) atoms. The van der Waals surface area contributed by atoms with Gasteiger partial charge in [-0.05, 0) is 30.9 Å². The van der Waals surface area contributed by atoms with Crippen LogP contribution >= 0.6 is 0 Å². The number of aldehydes is 1. The summed E-state index contributed by atoms with van der Waals surface area (Å²) in [6.45, 7) is 7.01. The highest BCUT2D eigenvalue weighted by molar-refractivity contribution is 5.91. The van der Waals surface area contributed by atoms with Crippen LogP contribution in [0.2, 0.25) is 0 Å². The second kappa shape index (κ2) is 9.10. The van der Waals surface area contributed by atoms with Gasteiger partial charge in [0, 0.05) is 11.1 Å². The van der Waals surface area contributed by atoms with Crippen molar-refractivity contribution in [1.82, 2.24) is 0 Å². The van der Waals surface area contributed by atoms with E-state index in [1.165, 1.54) is 0 Å². The van der Waals surface area contributed by atoms with Crippen LogP contribution in [0.25, 0.3) is 0 Å². The Hall–Kier alpha value is -2.25. The van der Waals surface area contributed by atoms with Crippen molar-refractivity contribution in [3.63, 3.8) is 0 Å². The molecule has 0 unspecified atom stereocenters. The summed E-state index contributed by atoms with van der Waals surface area (Å²) in [6.07, 6.45) is 1.57. The molecule has 148 valence electrons. The smallest absolute Gasteiger partial charge is 0.334 e. The number of ether oxygens (including phenoxy) is 2. The van der Waals surface area contributed by atoms with Crippen LogP contribution < -0.4 is 0 Å². The van der Waals surface area contributed by atoms with Crippen molar-refractivity contribution in [1.29, 1.82) is 0 Å². The van der Waals surface area contributed by atoms with Gasteiger partial charge < -0.3 is 19.7 Å². The number of fused-ring (bicyclic) bond motifs is 1. The topological polar surface area (TPSA) is 110 Å². The predicted octanol–water partition coefficient (Wildman–Crippen LogP) is 1.24. The molecule has 0 spiro atoms. The summed E-state index contributed by atoms with van der Waals surface area (Å²) in [5, 5.41) is 20.3. The number of hydrogen-bond donors (Lipinski definition) is 2. The van der Waals surface area contributed by atoms with Crippen LogP contribution in [0.3, 0.4) is 0 Å². The van der Waals surface area contributed by atoms with E-state index in [0.29, 0.717) is 31.1 Å². The van der Waals surface area contributed by atoms with E-state index in [-0.39, 0.29) is 17.8 Å². The molecule has 0 aromatic carbocycles. The standard InChI is InChI=1S/C20H26O7/c1-4-11(2)19(24)27-18-16-12(3)20(25)26-15(16)8-13(9-21)6-5-7-14(10-22)17(18)23/h7-8,10-11,15-18,21,23H,3-6,9H2,1-2H3/b13-8-,14-7+/t11-,15+,16-,17-,18+/m0/s1. The fourth-order valence-electron chi connectivity index (χ4n) is 3.18. The Labute approximate surface area is 158 Å². The first-order valence-electron chi connectivity index (χ1n) is 9.08. The van der Waals surface area contributed by atoms with E-state index in [2.05, 4.69) is 6.58 Å². The largest absolute Gasteiger partial charge is 0.458 e. The van der Waals surface area contributed by atoms with Crippen molar-refractivity contribution in [2.75, 3.05) is 6.61 Å². The van der Waals surface area contributed by atoms with E-state index < -0.39 is 42.1 Å². The predicted molar refractivity (Wildman–Crippen MR) is 96.4 cm³/mol. The summed E-state index contributed by atoms with van der Waals surface area (Å²) < 4.78 is 10.9. The van der Waals surface area contributed by atoms with Crippen molar-refractivity contribution < 1.29 is 34.1 Å². The summed E-state index contributed by atoms with van der Waals surface area (Å²) in [6, 6.07) is 0. The third kappa shape index (κ3) is 4.54. The molecule has 1 aliphatic heterocycles. The number of carbonyl (C=O) groups excluding carboxylic acids is 3. The number of allylic oxidation sites excluding steroid dienone is 1. The summed E-state index contributed by atoms with van der Waals surface area (Å²) in [7, 11) is 0. The number of rotatable bonds is 5. The van der Waals surface area contributed by atoms with Gasteiger partial charge in [-0.25, -0.2) is 4.79 Å². The van der Waals surface area contributed by atoms with Crippen LogP contribution in [0.4, 0.5) is 0 Å². The molecule has 0 radical (unpaired) electrons. The molecule has 5 atom stereocenters. The maximum absolute atomic E-state index is 12.4. The van der Waals surface area contributed by atoms with Crippen molar-refractivity contribution in [3.8, 4) is 0 Å². The van der Waals surface area contributed by atoms with Crippen LogP contribution in [0.1, 0.15) is 33.1 Å². The molecule has 0 aromatic heterocycles. The van der Waals surface area contributed by atoms with Gasteiger partial charge in [-0.3, -0.25) is 9.59 Å². The van der Waals surface area contributed by atoms with Crippen molar-refractivity contribution in [3.05, 3.63) is 35.5 Å². The maximum atomic E-state index is 12.4. The first-order chi connectivity index (χ1) is 12.8. The minimum absolute atomic E-state index is 0.0559. The molecule has 1 heterocycles. The summed E-state index contributed by atoms with van der Waals surface area (Å²) in [5.41, 5.74) is 0.736. The van der Waals surface area contributed by atoms with Crippen LogP contribution in [-0.2, 0) is 23.9 Å². The minimum atomic E-state index is -1.42. The molecule has 0 aromatic rings. The van der Waals surface area contributed by atoms with Crippen LogP contribution in [0, 0.1) is 11.8 Å². The lowest BCUT2D eigenvalue weighted by Crippen LogP contribution is -2.43. The second-order valence-electron chi connectivity index (χ2n) is 6.92.